The van der Waals surface area contributed by atoms with Gasteiger partial charge in [0.2, 0.25) is 0 Å². The van der Waals surface area contributed by atoms with E-state index in [1.165, 1.54) is 38.5 Å². The maximum Gasteiger partial charge on any atom is 0.319 e. The van der Waals surface area contributed by atoms with Crippen LogP contribution in [-0.2, 0) is 0 Å². The van der Waals surface area contributed by atoms with Crippen LogP contribution in [0.25, 0.3) is 0 Å². The zero-order chi connectivity index (χ0) is 14.6. The molecule has 2 amide bonds. The lowest BCUT2D eigenvalue weighted by Gasteiger charge is -2.07. The van der Waals surface area contributed by atoms with Gasteiger partial charge in [-0.25, -0.2) is 4.79 Å². The highest BCUT2D eigenvalue weighted by Crippen LogP contribution is 2.14. The Balaban J connectivity index is 2.03. The SMILES string of the molecule is CCCCCCCCCNC(=O)Nc1cccc(Cl)c1. The lowest BCUT2D eigenvalue weighted by Crippen LogP contribution is -2.29. The molecule has 1 rings (SSSR count). The Labute approximate surface area is 127 Å². The molecule has 0 aliphatic heterocycles. The number of carbonyl (C=O) groups is 1. The first kappa shape index (κ1) is 16.8. The Hall–Kier alpha value is -1.22. The van der Waals surface area contributed by atoms with Gasteiger partial charge in [0.1, 0.15) is 0 Å². The largest absolute Gasteiger partial charge is 0.338 e. The number of benzene rings is 1. The summed E-state index contributed by atoms with van der Waals surface area (Å²) in [6, 6.07) is 6.98. The van der Waals surface area contributed by atoms with Crippen LogP contribution in [0.5, 0.6) is 0 Å². The van der Waals surface area contributed by atoms with Gasteiger partial charge in [-0.3, -0.25) is 0 Å². The summed E-state index contributed by atoms with van der Waals surface area (Å²) in [7, 11) is 0. The second kappa shape index (κ2) is 10.6. The summed E-state index contributed by atoms with van der Waals surface area (Å²) in [5, 5.41) is 6.25. The number of anilines is 1. The average Bonchev–Trinajstić information content (AvgIpc) is 2.42. The van der Waals surface area contributed by atoms with Crippen LogP contribution in [0, 0.1) is 0 Å². The van der Waals surface area contributed by atoms with Crippen LogP contribution >= 0.6 is 11.6 Å². The first-order chi connectivity index (χ1) is 9.72. The molecule has 1 aromatic rings. The van der Waals surface area contributed by atoms with Crippen molar-refractivity contribution in [3.8, 4) is 0 Å². The molecule has 0 radical (unpaired) electrons. The van der Waals surface area contributed by atoms with E-state index in [0.29, 0.717) is 5.02 Å². The Morgan fingerprint density at radius 3 is 2.50 bits per heavy atom. The Morgan fingerprint density at radius 2 is 1.80 bits per heavy atom. The minimum atomic E-state index is -0.168. The Kier molecular flexibility index (Phi) is 8.88. The van der Waals surface area contributed by atoms with E-state index in [1.807, 2.05) is 12.1 Å². The molecule has 0 heterocycles. The number of nitrogens with one attached hydrogen (secondary N) is 2. The van der Waals surface area contributed by atoms with Crippen molar-refractivity contribution in [1.29, 1.82) is 0 Å². The molecule has 0 unspecified atom stereocenters. The monoisotopic (exact) mass is 296 g/mol. The zero-order valence-corrected chi connectivity index (χ0v) is 13.0. The third kappa shape index (κ3) is 8.05. The van der Waals surface area contributed by atoms with Crippen molar-refractivity contribution in [2.75, 3.05) is 11.9 Å². The smallest absolute Gasteiger partial charge is 0.319 e. The molecule has 0 fully saturated rings. The molecule has 0 atom stereocenters. The van der Waals surface area contributed by atoms with Crippen molar-refractivity contribution in [2.24, 2.45) is 0 Å². The van der Waals surface area contributed by atoms with E-state index in [9.17, 15) is 4.79 Å². The van der Waals surface area contributed by atoms with Gasteiger partial charge in [0.15, 0.2) is 0 Å². The van der Waals surface area contributed by atoms with E-state index in [2.05, 4.69) is 17.6 Å². The van der Waals surface area contributed by atoms with Gasteiger partial charge in [-0.15, -0.1) is 0 Å². The van der Waals surface area contributed by atoms with Crippen LogP contribution in [0.1, 0.15) is 51.9 Å². The normalized spacial score (nSPS) is 10.3. The van der Waals surface area contributed by atoms with E-state index in [-0.39, 0.29) is 6.03 Å². The molecule has 20 heavy (non-hydrogen) atoms. The van der Waals surface area contributed by atoms with Crippen LogP contribution in [-0.4, -0.2) is 12.6 Å². The highest BCUT2D eigenvalue weighted by Gasteiger charge is 2.01. The summed E-state index contributed by atoms with van der Waals surface area (Å²) in [4.78, 5) is 11.6. The molecule has 1 aromatic carbocycles. The van der Waals surface area contributed by atoms with Gasteiger partial charge in [-0.1, -0.05) is 63.1 Å². The molecular weight excluding hydrogens is 272 g/mol. The summed E-state index contributed by atoms with van der Waals surface area (Å²) in [5.41, 5.74) is 0.717. The second-order valence-corrected chi connectivity index (χ2v) is 5.45. The summed E-state index contributed by atoms with van der Waals surface area (Å²) in [6.45, 7) is 2.95. The molecule has 0 bridgehead atoms. The van der Waals surface area contributed by atoms with Crippen molar-refractivity contribution in [3.05, 3.63) is 29.3 Å². The zero-order valence-electron chi connectivity index (χ0n) is 12.3. The predicted molar refractivity (Wildman–Crippen MR) is 86.5 cm³/mol. The van der Waals surface area contributed by atoms with Crippen LogP contribution in [0.4, 0.5) is 10.5 Å². The maximum atomic E-state index is 11.6. The Bertz CT molecular complexity index is 396. The molecule has 0 saturated heterocycles. The molecular formula is C16H25ClN2O. The third-order valence-electron chi connectivity index (χ3n) is 3.15. The van der Waals surface area contributed by atoms with E-state index in [0.717, 1.165) is 18.7 Å². The van der Waals surface area contributed by atoms with Crippen molar-refractivity contribution >= 4 is 23.3 Å². The minimum absolute atomic E-state index is 0.168. The van der Waals surface area contributed by atoms with Gasteiger partial charge in [0.25, 0.3) is 0 Å². The molecule has 3 nitrogen and oxygen atoms in total. The van der Waals surface area contributed by atoms with E-state index in [1.54, 1.807) is 12.1 Å². The molecule has 4 heteroatoms. The molecule has 2 N–H and O–H groups in total. The molecule has 112 valence electrons. The van der Waals surface area contributed by atoms with Crippen LogP contribution in [0.3, 0.4) is 0 Å². The summed E-state index contributed by atoms with van der Waals surface area (Å²) in [5.74, 6) is 0. The van der Waals surface area contributed by atoms with Crippen LogP contribution < -0.4 is 10.6 Å². The van der Waals surface area contributed by atoms with Crippen molar-refractivity contribution in [3.63, 3.8) is 0 Å². The average molecular weight is 297 g/mol. The fourth-order valence-corrected chi connectivity index (χ4v) is 2.22. The summed E-state index contributed by atoms with van der Waals surface area (Å²) in [6.07, 6.45) is 8.74. The van der Waals surface area contributed by atoms with E-state index in [4.69, 9.17) is 11.6 Å². The summed E-state index contributed by atoms with van der Waals surface area (Å²) < 4.78 is 0. The highest BCUT2D eigenvalue weighted by atomic mass is 35.5. The fourth-order valence-electron chi connectivity index (χ4n) is 2.03. The van der Waals surface area contributed by atoms with Gasteiger partial charge in [-0.05, 0) is 24.6 Å². The fraction of sp³-hybridized carbons (Fsp3) is 0.562. The minimum Gasteiger partial charge on any atom is -0.338 e. The number of unbranched alkanes of at least 4 members (excludes halogenated alkanes) is 6. The van der Waals surface area contributed by atoms with E-state index < -0.39 is 0 Å². The third-order valence-corrected chi connectivity index (χ3v) is 3.38. The van der Waals surface area contributed by atoms with Gasteiger partial charge in [-0.2, -0.15) is 0 Å². The first-order valence-electron chi connectivity index (χ1n) is 7.53. The maximum absolute atomic E-state index is 11.6. The van der Waals surface area contributed by atoms with Gasteiger partial charge < -0.3 is 10.6 Å². The number of hydrogen-bond donors (Lipinski definition) is 2. The van der Waals surface area contributed by atoms with Crippen LogP contribution in [0.15, 0.2) is 24.3 Å². The van der Waals surface area contributed by atoms with Crippen molar-refractivity contribution < 1.29 is 4.79 Å². The number of halogens is 1. The van der Waals surface area contributed by atoms with Gasteiger partial charge in [0, 0.05) is 17.3 Å². The molecule has 0 aromatic heterocycles. The number of hydrogen-bond acceptors (Lipinski definition) is 1. The molecule has 0 aliphatic rings. The van der Waals surface area contributed by atoms with Crippen molar-refractivity contribution in [2.45, 2.75) is 51.9 Å². The first-order valence-corrected chi connectivity index (χ1v) is 7.90. The predicted octanol–water partition coefficient (Wildman–Crippen LogP) is 5.21. The number of rotatable bonds is 9. The topological polar surface area (TPSA) is 41.1 Å². The molecule has 0 aliphatic carbocycles. The number of amides is 2. The Morgan fingerprint density at radius 1 is 1.10 bits per heavy atom. The van der Waals surface area contributed by atoms with Crippen molar-refractivity contribution in [1.82, 2.24) is 5.32 Å². The van der Waals surface area contributed by atoms with E-state index >= 15 is 0 Å². The lowest BCUT2D eigenvalue weighted by atomic mass is 10.1. The standard InChI is InChI=1S/C16H25ClN2O/c1-2-3-4-5-6-7-8-12-18-16(20)19-15-11-9-10-14(17)13-15/h9-11,13H,2-8,12H2,1H3,(H2,18,19,20). The van der Waals surface area contributed by atoms with Gasteiger partial charge in [0.05, 0.1) is 0 Å². The molecule has 0 saturated carbocycles. The number of carbonyl (C=O) groups excluding carboxylic acids is 1. The highest BCUT2D eigenvalue weighted by molar-refractivity contribution is 6.30. The lowest BCUT2D eigenvalue weighted by molar-refractivity contribution is 0.252. The number of urea groups is 1. The molecule has 0 spiro atoms. The second-order valence-electron chi connectivity index (χ2n) is 5.01. The van der Waals surface area contributed by atoms with Gasteiger partial charge >= 0.3 is 6.03 Å². The van der Waals surface area contributed by atoms with Crippen LogP contribution in [0.2, 0.25) is 5.02 Å². The quantitative estimate of drug-likeness (QED) is 0.603. The summed E-state index contributed by atoms with van der Waals surface area (Å²) >= 11 is 5.85.